The van der Waals surface area contributed by atoms with E-state index >= 15 is 0 Å². The van der Waals surface area contributed by atoms with E-state index in [1.54, 1.807) is 4.90 Å². The molecular weight excluding hydrogens is 372 g/mol. The molecule has 2 aliphatic rings. The van der Waals surface area contributed by atoms with Gasteiger partial charge >= 0.3 is 5.97 Å². The summed E-state index contributed by atoms with van der Waals surface area (Å²) in [5.74, 6) is 0.592. The van der Waals surface area contributed by atoms with Crippen molar-refractivity contribution in [2.24, 2.45) is 0 Å². The van der Waals surface area contributed by atoms with E-state index in [4.69, 9.17) is 19.5 Å². The number of ether oxygens (including phenoxy) is 3. The summed E-state index contributed by atoms with van der Waals surface area (Å²) < 4.78 is 16.4. The van der Waals surface area contributed by atoms with Gasteiger partial charge in [-0.2, -0.15) is 5.26 Å². The molecular formula is C22H20N2O5. The smallest absolute Gasteiger partial charge is 0.338 e. The molecule has 2 aliphatic heterocycles. The summed E-state index contributed by atoms with van der Waals surface area (Å²) >= 11 is 0. The van der Waals surface area contributed by atoms with Crippen LogP contribution in [0.4, 0.5) is 0 Å². The average molecular weight is 392 g/mol. The first-order valence-corrected chi connectivity index (χ1v) is 9.52. The van der Waals surface area contributed by atoms with E-state index in [0.29, 0.717) is 42.4 Å². The minimum absolute atomic E-state index is 0.0769. The Morgan fingerprint density at radius 3 is 2.62 bits per heavy atom. The highest BCUT2D eigenvalue weighted by atomic mass is 16.6. The lowest BCUT2D eigenvalue weighted by atomic mass is 10.0. The molecule has 7 nitrogen and oxygen atoms in total. The standard InChI is InChI=1S/C22H20N2O5/c23-13-15-3-5-16(6-4-15)22(26)29-14-21(25)24-9-1-2-18(24)17-7-8-19-20(12-17)28-11-10-27-19/h3-8,12,18H,1-2,9-11,14H2. The van der Waals surface area contributed by atoms with Gasteiger partial charge in [0.2, 0.25) is 0 Å². The Kier molecular flexibility index (Phi) is 5.34. The molecule has 1 fully saturated rings. The summed E-state index contributed by atoms with van der Waals surface area (Å²) in [6, 6.07) is 13.8. The largest absolute Gasteiger partial charge is 0.486 e. The molecule has 7 heteroatoms. The van der Waals surface area contributed by atoms with Crippen LogP contribution in [0, 0.1) is 11.3 Å². The van der Waals surface area contributed by atoms with Crippen LogP contribution >= 0.6 is 0 Å². The number of nitriles is 1. The number of hydrogen-bond donors (Lipinski definition) is 0. The molecule has 0 saturated carbocycles. The molecule has 1 saturated heterocycles. The monoisotopic (exact) mass is 392 g/mol. The Balaban J connectivity index is 1.40. The molecule has 1 unspecified atom stereocenters. The number of nitrogens with zero attached hydrogens (tertiary/aromatic N) is 2. The lowest BCUT2D eigenvalue weighted by Crippen LogP contribution is -2.34. The fourth-order valence-electron chi connectivity index (χ4n) is 3.65. The van der Waals surface area contributed by atoms with Gasteiger partial charge in [0.25, 0.3) is 5.91 Å². The zero-order valence-electron chi connectivity index (χ0n) is 15.8. The third-order valence-electron chi connectivity index (χ3n) is 5.10. The van der Waals surface area contributed by atoms with Gasteiger partial charge in [0, 0.05) is 6.54 Å². The normalized spacial score (nSPS) is 17.5. The first kappa shape index (κ1) is 18.8. The number of carbonyl (C=O) groups is 2. The molecule has 2 aromatic carbocycles. The van der Waals surface area contributed by atoms with E-state index in [1.165, 1.54) is 24.3 Å². The van der Waals surface area contributed by atoms with Crippen molar-refractivity contribution in [3.63, 3.8) is 0 Å². The summed E-state index contributed by atoms with van der Waals surface area (Å²) in [6.45, 7) is 1.34. The number of amides is 1. The van der Waals surface area contributed by atoms with Gasteiger partial charge in [0.1, 0.15) is 13.2 Å². The summed E-state index contributed by atoms with van der Waals surface area (Å²) in [7, 11) is 0. The fraction of sp³-hybridized carbons (Fsp3) is 0.318. The van der Waals surface area contributed by atoms with Crippen LogP contribution in [-0.4, -0.2) is 43.1 Å². The van der Waals surface area contributed by atoms with E-state index in [2.05, 4.69) is 0 Å². The maximum atomic E-state index is 12.7. The quantitative estimate of drug-likeness (QED) is 0.744. The number of likely N-dealkylation sites (tertiary alicyclic amines) is 1. The molecule has 148 valence electrons. The number of carbonyl (C=O) groups excluding carboxylic acids is 2. The lowest BCUT2D eigenvalue weighted by molar-refractivity contribution is -0.135. The van der Waals surface area contributed by atoms with Crippen molar-refractivity contribution in [1.82, 2.24) is 4.90 Å². The third-order valence-corrected chi connectivity index (χ3v) is 5.10. The van der Waals surface area contributed by atoms with Crippen molar-refractivity contribution in [3.05, 3.63) is 59.2 Å². The van der Waals surface area contributed by atoms with Crippen LogP contribution in [0.15, 0.2) is 42.5 Å². The Bertz CT molecular complexity index is 964. The molecule has 1 amide bonds. The second-order valence-electron chi connectivity index (χ2n) is 6.91. The third kappa shape index (κ3) is 4.02. The van der Waals surface area contributed by atoms with Crippen molar-refractivity contribution in [1.29, 1.82) is 5.26 Å². The van der Waals surface area contributed by atoms with E-state index < -0.39 is 5.97 Å². The molecule has 29 heavy (non-hydrogen) atoms. The molecule has 1 atom stereocenters. The SMILES string of the molecule is N#Cc1ccc(C(=O)OCC(=O)N2CCCC2c2ccc3c(c2)OCCO3)cc1. The Morgan fingerprint density at radius 1 is 1.10 bits per heavy atom. The van der Waals surface area contributed by atoms with Crippen LogP contribution in [-0.2, 0) is 9.53 Å². The minimum Gasteiger partial charge on any atom is -0.486 e. The van der Waals surface area contributed by atoms with Crippen LogP contribution < -0.4 is 9.47 Å². The average Bonchev–Trinajstić information content (AvgIpc) is 3.27. The van der Waals surface area contributed by atoms with Gasteiger partial charge < -0.3 is 19.1 Å². The van der Waals surface area contributed by atoms with Gasteiger partial charge in [0.15, 0.2) is 18.1 Å². The number of benzene rings is 2. The molecule has 2 aromatic rings. The molecule has 4 rings (SSSR count). The van der Waals surface area contributed by atoms with E-state index in [-0.39, 0.29) is 18.6 Å². The van der Waals surface area contributed by atoms with Crippen molar-refractivity contribution >= 4 is 11.9 Å². The van der Waals surface area contributed by atoms with Gasteiger partial charge in [-0.1, -0.05) is 6.07 Å². The van der Waals surface area contributed by atoms with Crippen molar-refractivity contribution in [3.8, 4) is 17.6 Å². The topological polar surface area (TPSA) is 88.9 Å². The fourth-order valence-corrected chi connectivity index (χ4v) is 3.65. The van der Waals surface area contributed by atoms with Gasteiger partial charge in [0.05, 0.1) is 23.2 Å². The number of rotatable bonds is 4. The summed E-state index contributed by atoms with van der Waals surface area (Å²) in [4.78, 5) is 26.6. The van der Waals surface area contributed by atoms with Crippen LogP contribution in [0.3, 0.4) is 0 Å². The van der Waals surface area contributed by atoms with Crippen LogP contribution in [0.25, 0.3) is 0 Å². The van der Waals surface area contributed by atoms with Crippen molar-refractivity contribution in [2.45, 2.75) is 18.9 Å². The Morgan fingerprint density at radius 2 is 1.86 bits per heavy atom. The van der Waals surface area contributed by atoms with Crippen molar-refractivity contribution < 1.29 is 23.8 Å². The van der Waals surface area contributed by atoms with Crippen LogP contribution in [0.2, 0.25) is 0 Å². The highest BCUT2D eigenvalue weighted by molar-refractivity contribution is 5.91. The molecule has 2 heterocycles. The predicted octanol–water partition coefficient (Wildman–Crippen LogP) is 2.85. The number of hydrogen-bond acceptors (Lipinski definition) is 6. The zero-order valence-corrected chi connectivity index (χ0v) is 15.8. The second kappa shape index (κ2) is 8.23. The van der Waals surface area contributed by atoms with Gasteiger partial charge in [-0.25, -0.2) is 4.79 Å². The first-order chi connectivity index (χ1) is 14.2. The van der Waals surface area contributed by atoms with Crippen LogP contribution in [0.5, 0.6) is 11.5 Å². The van der Waals surface area contributed by atoms with Gasteiger partial charge in [-0.3, -0.25) is 4.79 Å². The Hall–Kier alpha value is -3.53. The zero-order chi connectivity index (χ0) is 20.2. The van der Waals surface area contributed by atoms with Gasteiger partial charge in [-0.05, 0) is 54.8 Å². The maximum Gasteiger partial charge on any atom is 0.338 e. The summed E-state index contributed by atoms with van der Waals surface area (Å²) in [5.41, 5.74) is 1.75. The van der Waals surface area contributed by atoms with Crippen molar-refractivity contribution in [2.75, 3.05) is 26.4 Å². The highest BCUT2D eigenvalue weighted by Gasteiger charge is 2.31. The summed E-state index contributed by atoms with van der Waals surface area (Å²) in [5, 5.41) is 8.82. The minimum atomic E-state index is -0.585. The lowest BCUT2D eigenvalue weighted by Gasteiger charge is -2.26. The molecule has 0 spiro atoms. The molecule has 0 aromatic heterocycles. The molecule has 0 aliphatic carbocycles. The number of esters is 1. The highest BCUT2D eigenvalue weighted by Crippen LogP contribution is 2.38. The Labute approximate surface area is 168 Å². The van der Waals surface area contributed by atoms with E-state index in [1.807, 2.05) is 24.3 Å². The second-order valence-corrected chi connectivity index (χ2v) is 6.91. The van der Waals surface area contributed by atoms with E-state index in [0.717, 1.165) is 18.4 Å². The predicted molar refractivity (Wildman–Crippen MR) is 103 cm³/mol. The van der Waals surface area contributed by atoms with Gasteiger partial charge in [-0.15, -0.1) is 0 Å². The summed E-state index contributed by atoms with van der Waals surface area (Å²) in [6.07, 6.45) is 1.73. The molecule has 0 N–H and O–H groups in total. The molecule has 0 bridgehead atoms. The number of fused-ring (bicyclic) bond motifs is 1. The van der Waals surface area contributed by atoms with Crippen LogP contribution in [0.1, 0.15) is 40.4 Å². The molecule has 0 radical (unpaired) electrons. The van der Waals surface area contributed by atoms with E-state index in [9.17, 15) is 9.59 Å². The maximum absolute atomic E-state index is 12.7. The first-order valence-electron chi connectivity index (χ1n) is 9.52.